The molecule has 0 spiro atoms. The second-order valence-electron chi connectivity index (χ2n) is 5.08. The fourth-order valence-corrected chi connectivity index (χ4v) is 2.47. The molecule has 0 saturated carbocycles. The molecular weight excluding hydrogens is 250 g/mol. The molecule has 1 aromatic rings. The maximum Gasteiger partial charge on any atom is 0.303 e. The van der Waals surface area contributed by atoms with Crippen LogP contribution in [0.25, 0.3) is 0 Å². The van der Waals surface area contributed by atoms with Crippen molar-refractivity contribution in [3.63, 3.8) is 0 Å². The van der Waals surface area contributed by atoms with Gasteiger partial charge in [-0.05, 0) is 45.7 Å². The molecule has 0 aromatic carbocycles. The highest BCUT2D eigenvalue weighted by Gasteiger charge is 2.23. The van der Waals surface area contributed by atoms with Gasteiger partial charge in [0.25, 0.3) is 5.91 Å². The van der Waals surface area contributed by atoms with E-state index in [-0.39, 0.29) is 12.3 Å². The van der Waals surface area contributed by atoms with Crippen molar-refractivity contribution in [3.8, 4) is 0 Å². The number of carbonyl (C=O) groups excluding carboxylic acids is 1. The summed E-state index contributed by atoms with van der Waals surface area (Å²) in [6.07, 6.45) is 0.465. The van der Waals surface area contributed by atoms with Crippen LogP contribution in [0.4, 0.5) is 0 Å². The summed E-state index contributed by atoms with van der Waals surface area (Å²) in [6, 6.07) is 1.86. The zero-order valence-corrected chi connectivity index (χ0v) is 12.0. The second-order valence-corrected chi connectivity index (χ2v) is 6.34. The Bertz CT molecular complexity index is 443. The molecule has 0 saturated heterocycles. The number of aliphatic carboxylic acids is 1. The largest absolute Gasteiger partial charge is 0.481 e. The molecule has 0 bridgehead atoms. The molecular formula is C13H19NO3S. The first-order valence-corrected chi connectivity index (χ1v) is 6.64. The number of nitrogens with one attached hydrogen (secondary N) is 1. The van der Waals surface area contributed by atoms with E-state index in [0.717, 1.165) is 10.4 Å². The predicted octanol–water partition coefficient (Wildman–Crippen LogP) is 2.74. The molecule has 0 unspecified atom stereocenters. The van der Waals surface area contributed by atoms with Crippen LogP contribution in [-0.4, -0.2) is 22.5 Å². The van der Waals surface area contributed by atoms with Gasteiger partial charge in [-0.15, -0.1) is 11.3 Å². The smallest absolute Gasteiger partial charge is 0.303 e. The minimum atomic E-state index is -0.847. The second kappa shape index (κ2) is 5.52. The van der Waals surface area contributed by atoms with Gasteiger partial charge in [-0.2, -0.15) is 0 Å². The van der Waals surface area contributed by atoms with Crippen molar-refractivity contribution in [1.82, 2.24) is 5.32 Å². The van der Waals surface area contributed by atoms with Gasteiger partial charge in [-0.1, -0.05) is 0 Å². The number of carbonyl (C=O) groups is 2. The monoisotopic (exact) mass is 269 g/mol. The molecule has 0 atom stereocenters. The van der Waals surface area contributed by atoms with E-state index < -0.39 is 11.5 Å². The van der Waals surface area contributed by atoms with Gasteiger partial charge in [0.05, 0.1) is 4.88 Å². The molecule has 0 aliphatic heterocycles. The Labute approximate surface area is 111 Å². The minimum absolute atomic E-state index is 0.0514. The van der Waals surface area contributed by atoms with Crippen LogP contribution < -0.4 is 5.32 Å². The van der Waals surface area contributed by atoms with E-state index in [0.29, 0.717) is 11.3 Å². The molecule has 1 rings (SSSR count). The van der Waals surface area contributed by atoms with Crippen LogP contribution in [-0.2, 0) is 4.79 Å². The van der Waals surface area contributed by atoms with E-state index in [1.54, 1.807) is 0 Å². The first-order chi connectivity index (χ1) is 8.21. The highest BCUT2D eigenvalue weighted by molar-refractivity contribution is 7.14. The van der Waals surface area contributed by atoms with Gasteiger partial charge in [-0.25, -0.2) is 0 Å². The van der Waals surface area contributed by atoms with Crippen molar-refractivity contribution < 1.29 is 14.7 Å². The Morgan fingerprint density at radius 2 is 2.00 bits per heavy atom. The van der Waals surface area contributed by atoms with Crippen molar-refractivity contribution >= 4 is 23.2 Å². The van der Waals surface area contributed by atoms with Gasteiger partial charge in [-0.3, -0.25) is 9.59 Å². The number of rotatable bonds is 5. The third-order valence-corrected chi connectivity index (χ3v) is 3.96. The number of hydrogen-bond acceptors (Lipinski definition) is 3. The molecule has 5 heteroatoms. The third-order valence-electron chi connectivity index (χ3n) is 2.81. The van der Waals surface area contributed by atoms with Crippen LogP contribution >= 0.6 is 11.3 Å². The van der Waals surface area contributed by atoms with E-state index in [9.17, 15) is 9.59 Å². The molecule has 4 nitrogen and oxygen atoms in total. The lowest BCUT2D eigenvalue weighted by atomic mass is 9.98. The lowest BCUT2D eigenvalue weighted by molar-refractivity contribution is -0.137. The number of aryl methyl sites for hydroxylation is 2. The number of carboxylic acid groups (broad SMARTS) is 1. The van der Waals surface area contributed by atoms with Crippen LogP contribution in [0.2, 0.25) is 0 Å². The van der Waals surface area contributed by atoms with E-state index in [1.165, 1.54) is 11.3 Å². The Morgan fingerprint density at radius 1 is 1.39 bits per heavy atom. The molecule has 0 aliphatic carbocycles. The fraction of sp³-hybridized carbons (Fsp3) is 0.538. The minimum Gasteiger partial charge on any atom is -0.481 e. The topological polar surface area (TPSA) is 66.4 Å². The zero-order valence-electron chi connectivity index (χ0n) is 11.2. The quantitative estimate of drug-likeness (QED) is 0.863. The van der Waals surface area contributed by atoms with E-state index in [4.69, 9.17) is 5.11 Å². The third kappa shape index (κ3) is 4.14. The fourth-order valence-electron chi connectivity index (χ4n) is 1.54. The maximum atomic E-state index is 12.0. The van der Waals surface area contributed by atoms with Crippen molar-refractivity contribution in [2.75, 3.05) is 0 Å². The molecule has 1 amide bonds. The number of hydrogen-bond donors (Lipinski definition) is 2. The van der Waals surface area contributed by atoms with E-state index in [1.807, 2.05) is 33.8 Å². The first kappa shape index (κ1) is 14.7. The lowest BCUT2D eigenvalue weighted by Gasteiger charge is -2.25. The van der Waals surface area contributed by atoms with Gasteiger partial charge in [0.1, 0.15) is 0 Å². The normalized spacial score (nSPS) is 11.3. The Hall–Kier alpha value is -1.36. The molecule has 0 fully saturated rings. The standard InChI is InChI=1S/C13H19NO3S/c1-8-7-10(18-9(8)2)12(17)14-13(3,4)6-5-11(15)16/h7H,5-6H2,1-4H3,(H,14,17)(H,15,16). The molecule has 0 radical (unpaired) electrons. The van der Waals surface area contributed by atoms with E-state index in [2.05, 4.69) is 5.32 Å². The zero-order chi connectivity index (χ0) is 13.9. The predicted molar refractivity (Wildman–Crippen MR) is 72.2 cm³/mol. The molecule has 1 heterocycles. The van der Waals surface area contributed by atoms with Crippen LogP contribution in [0.1, 0.15) is 46.8 Å². The Kier molecular flexibility index (Phi) is 4.51. The summed E-state index contributed by atoms with van der Waals surface area (Å²) in [5, 5.41) is 11.5. The van der Waals surface area contributed by atoms with Crippen molar-refractivity contribution in [2.45, 2.75) is 46.1 Å². The first-order valence-electron chi connectivity index (χ1n) is 5.82. The summed E-state index contributed by atoms with van der Waals surface area (Å²) < 4.78 is 0. The maximum absolute atomic E-state index is 12.0. The average Bonchev–Trinajstić information content (AvgIpc) is 2.56. The van der Waals surface area contributed by atoms with Crippen LogP contribution in [0, 0.1) is 13.8 Å². The van der Waals surface area contributed by atoms with Crippen LogP contribution in [0.5, 0.6) is 0 Å². The summed E-state index contributed by atoms with van der Waals surface area (Å²) in [5.41, 5.74) is 0.592. The number of thiophene rings is 1. The highest BCUT2D eigenvalue weighted by atomic mass is 32.1. The van der Waals surface area contributed by atoms with Crippen LogP contribution in [0.15, 0.2) is 6.07 Å². The average molecular weight is 269 g/mol. The number of carboxylic acids is 1. The van der Waals surface area contributed by atoms with Gasteiger partial charge in [0.2, 0.25) is 0 Å². The number of amides is 1. The summed E-state index contributed by atoms with van der Waals surface area (Å²) in [6.45, 7) is 7.62. The lowest BCUT2D eigenvalue weighted by Crippen LogP contribution is -2.43. The van der Waals surface area contributed by atoms with Gasteiger partial charge in [0, 0.05) is 16.8 Å². The summed E-state index contributed by atoms with van der Waals surface area (Å²) >= 11 is 1.46. The van der Waals surface area contributed by atoms with Crippen molar-refractivity contribution in [2.24, 2.45) is 0 Å². The Balaban J connectivity index is 2.66. The SMILES string of the molecule is Cc1cc(C(=O)NC(C)(C)CCC(=O)O)sc1C. The van der Waals surface area contributed by atoms with Crippen LogP contribution in [0.3, 0.4) is 0 Å². The van der Waals surface area contributed by atoms with Gasteiger partial charge in [0.15, 0.2) is 0 Å². The molecule has 2 N–H and O–H groups in total. The summed E-state index contributed by atoms with van der Waals surface area (Å²) in [7, 11) is 0. The Morgan fingerprint density at radius 3 is 2.44 bits per heavy atom. The van der Waals surface area contributed by atoms with Crippen molar-refractivity contribution in [1.29, 1.82) is 0 Å². The molecule has 100 valence electrons. The van der Waals surface area contributed by atoms with E-state index >= 15 is 0 Å². The van der Waals surface area contributed by atoms with Crippen molar-refractivity contribution in [3.05, 3.63) is 21.4 Å². The molecule has 0 aliphatic rings. The summed E-state index contributed by atoms with van der Waals surface area (Å²) in [5.74, 6) is -0.980. The molecule has 18 heavy (non-hydrogen) atoms. The van der Waals surface area contributed by atoms with Gasteiger partial charge < -0.3 is 10.4 Å². The highest BCUT2D eigenvalue weighted by Crippen LogP contribution is 2.21. The van der Waals surface area contributed by atoms with Gasteiger partial charge >= 0.3 is 5.97 Å². The summed E-state index contributed by atoms with van der Waals surface area (Å²) in [4.78, 5) is 24.4. The molecule has 1 aromatic heterocycles.